The maximum atomic E-state index is 12.9. The minimum absolute atomic E-state index is 0.0566. The molecule has 0 saturated carbocycles. The first-order chi connectivity index (χ1) is 11.6. The van der Waals surface area contributed by atoms with Crippen molar-refractivity contribution in [1.29, 1.82) is 0 Å². The maximum Gasteiger partial charge on any atom is 0.254 e. The number of carbonyl (C=O) groups is 2. The number of benzene rings is 1. The molecule has 0 bridgehead atoms. The number of piperidine rings is 1. The Labute approximate surface area is 143 Å². The van der Waals surface area contributed by atoms with Crippen LogP contribution in [0.25, 0.3) is 0 Å². The van der Waals surface area contributed by atoms with Crippen LogP contribution in [0.15, 0.2) is 24.3 Å². The number of nitrogens with zero attached hydrogens (tertiary/aromatic N) is 2. The molecule has 0 spiro atoms. The van der Waals surface area contributed by atoms with E-state index >= 15 is 0 Å². The summed E-state index contributed by atoms with van der Waals surface area (Å²) < 4.78 is 5.14. The highest BCUT2D eigenvalue weighted by Gasteiger charge is 2.37. The Morgan fingerprint density at radius 2 is 1.71 bits per heavy atom. The molecule has 130 valence electrons. The highest BCUT2D eigenvalue weighted by Crippen LogP contribution is 2.25. The van der Waals surface area contributed by atoms with E-state index in [9.17, 15) is 9.59 Å². The van der Waals surface area contributed by atoms with E-state index < -0.39 is 0 Å². The topological polar surface area (TPSA) is 49.9 Å². The predicted octanol–water partition coefficient (Wildman–Crippen LogP) is 2.56. The molecule has 5 nitrogen and oxygen atoms in total. The standard InChI is InChI=1S/C19H26N2O3/c1-14-9-12-20(13-10-14)19(23)17-4-3-11-21(17)18(22)15-5-7-16(24-2)8-6-15/h5-8,14,17H,3-4,9-13H2,1-2H3/t17-/m0/s1. The van der Waals surface area contributed by atoms with Gasteiger partial charge in [-0.25, -0.2) is 0 Å². The van der Waals surface area contributed by atoms with E-state index in [4.69, 9.17) is 4.74 Å². The third-order valence-electron chi connectivity index (χ3n) is 5.23. The number of ether oxygens (including phenoxy) is 1. The van der Waals surface area contributed by atoms with E-state index in [1.54, 1.807) is 36.3 Å². The number of methoxy groups -OCH3 is 1. The van der Waals surface area contributed by atoms with Crippen LogP contribution in [0.1, 0.15) is 43.0 Å². The van der Waals surface area contributed by atoms with Crippen molar-refractivity contribution in [3.05, 3.63) is 29.8 Å². The second-order valence-corrected chi connectivity index (χ2v) is 6.89. The van der Waals surface area contributed by atoms with E-state index in [-0.39, 0.29) is 17.9 Å². The smallest absolute Gasteiger partial charge is 0.254 e. The fourth-order valence-electron chi connectivity index (χ4n) is 3.61. The zero-order valence-corrected chi connectivity index (χ0v) is 14.5. The zero-order chi connectivity index (χ0) is 17.1. The Balaban J connectivity index is 1.70. The van der Waals surface area contributed by atoms with Crippen LogP contribution in [0.3, 0.4) is 0 Å². The maximum absolute atomic E-state index is 12.9. The van der Waals surface area contributed by atoms with E-state index in [0.717, 1.165) is 44.5 Å². The van der Waals surface area contributed by atoms with Crippen molar-refractivity contribution in [1.82, 2.24) is 9.80 Å². The highest BCUT2D eigenvalue weighted by molar-refractivity contribution is 5.98. The number of hydrogen-bond donors (Lipinski definition) is 0. The lowest BCUT2D eigenvalue weighted by atomic mass is 9.98. The predicted molar refractivity (Wildman–Crippen MR) is 92.0 cm³/mol. The van der Waals surface area contributed by atoms with Gasteiger partial charge in [0.25, 0.3) is 5.91 Å². The van der Waals surface area contributed by atoms with Crippen molar-refractivity contribution in [2.75, 3.05) is 26.7 Å². The molecule has 3 rings (SSSR count). The van der Waals surface area contributed by atoms with E-state index in [1.807, 2.05) is 4.90 Å². The van der Waals surface area contributed by atoms with Gasteiger partial charge in [0.1, 0.15) is 11.8 Å². The molecule has 2 aliphatic heterocycles. The summed E-state index contributed by atoms with van der Waals surface area (Å²) in [6.07, 6.45) is 3.78. The van der Waals surface area contributed by atoms with Crippen LogP contribution >= 0.6 is 0 Å². The van der Waals surface area contributed by atoms with Gasteiger partial charge in [-0.3, -0.25) is 9.59 Å². The molecule has 0 radical (unpaired) electrons. The third-order valence-corrected chi connectivity index (χ3v) is 5.23. The number of hydrogen-bond acceptors (Lipinski definition) is 3. The van der Waals surface area contributed by atoms with Crippen LogP contribution in [0.4, 0.5) is 0 Å². The van der Waals surface area contributed by atoms with E-state index in [0.29, 0.717) is 18.0 Å². The van der Waals surface area contributed by atoms with Gasteiger partial charge in [0.05, 0.1) is 7.11 Å². The average molecular weight is 330 g/mol. The average Bonchev–Trinajstić information content (AvgIpc) is 3.11. The molecule has 0 unspecified atom stereocenters. The van der Waals surface area contributed by atoms with E-state index in [2.05, 4.69) is 6.92 Å². The van der Waals surface area contributed by atoms with Gasteiger partial charge in [-0.2, -0.15) is 0 Å². The van der Waals surface area contributed by atoms with Crippen LogP contribution < -0.4 is 4.74 Å². The Morgan fingerprint density at radius 1 is 1.04 bits per heavy atom. The normalized spacial score (nSPS) is 21.8. The largest absolute Gasteiger partial charge is 0.497 e. The van der Waals surface area contributed by atoms with Crippen molar-refractivity contribution in [2.24, 2.45) is 5.92 Å². The van der Waals surface area contributed by atoms with Crippen LogP contribution in [0.5, 0.6) is 5.75 Å². The number of amides is 2. The van der Waals surface area contributed by atoms with Gasteiger partial charge in [0.2, 0.25) is 5.91 Å². The lowest BCUT2D eigenvalue weighted by molar-refractivity contribution is -0.136. The molecule has 1 aromatic carbocycles. The summed E-state index contributed by atoms with van der Waals surface area (Å²) >= 11 is 0. The first kappa shape index (κ1) is 16.8. The van der Waals surface area contributed by atoms with Crippen LogP contribution in [-0.2, 0) is 4.79 Å². The molecular formula is C19H26N2O3. The summed E-state index contributed by atoms with van der Waals surface area (Å²) in [6, 6.07) is 6.80. The van der Waals surface area contributed by atoms with Crippen molar-refractivity contribution in [3.63, 3.8) is 0 Å². The molecule has 2 fully saturated rings. The second kappa shape index (κ2) is 7.24. The molecule has 1 atom stereocenters. The van der Waals surface area contributed by atoms with Gasteiger partial charge in [0.15, 0.2) is 0 Å². The molecule has 1 aromatic rings. The summed E-state index contributed by atoms with van der Waals surface area (Å²) in [6.45, 7) is 4.53. The molecule has 0 aromatic heterocycles. The van der Waals surface area contributed by atoms with Crippen LogP contribution in [-0.4, -0.2) is 54.4 Å². The van der Waals surface area contributed by atoms with Gasteiger partial charge in [-0.15, -0.1) is 0 Å². The van der Waals surface area contributed by atoms with Gasteiger partial charge < -0.3 is 14.5 Å². The van der Waals surface area contributed by atoms with Crippen molar-refractivity contribution < 1.29 is 14.3 Å². The Hall–Kier alpha value is -2.04. The second-order valence-electron chi connectivity index (χ2n) is 6.89. The molecule has 24 heavy (non-hydrogen) atoms. The summed E-state index contributed by atoms with van der Waals surface area (Å²) in [7, 11) is 1.60. The number of carbonyl (C=O) groups excluding carboxylic acids is 2. The first-order valence-corrected chi connectivity index (χ1v) is 8.84. The Morgan fingerprint density at radius 3 is 2.33 bits per heavy atom. The molecule has 5 heteroatoms. The summed E-state index contributed by atoms with van der Waals surface area (Å²) in [5, 5.41) is 0. The number of likely N-dealkylation sites (tertiary alicyclic amines) is 2. The minimum atomic E-state index is -0.298. The summed E-state index contributed by atoms with van der Waals surface area (Å²) in [5.41, 5.74) is 0.614. The monoisotopic (exact) mass is 330 g/mol. The van der Waals surface area contributed by atoms with E-state index in [1.165, 1.54) is 0 Å². The third kappa shape index (κ3) is 3.40. The van der Waals surface area contributed by atoms with Crippen molar-refractivity contribution in [2.45, 2.75) is 38.6 Å². The molecule has 2 heterocycles. The quantitative estimate of drug-likeness (QED) is 0.856. The summed E-state index contributed by atoms with van der Waals surface area (Å²) in [5.74, 6) is 1.48. The molecule has 2 amide bonds. The Kier molecular flexibility index (Phi) is 5.07. The van der Waals surface area contributed by atoms with Crippen LogP contribution in [0, 0.1) is 5.92 Å². The fraction of sp³-hybridized carbons (Fsp3) is 0.579. The molecule has 2 aliphatic rings. The first-order valence-electron chi connectivity index (χ1n) is 8.84. The van der Waals surface area contributed by atoms with Gasteiger partial charge in [-0.1, -0.05) is 6.92 Å². The Bertz CT molecular complexity index is 591. The minimum Gasteiger partial charge on any atom is -0.497 e. The van der Waals surface area contributed by atoms with Gasteiger partial charge in [-0.05, 0) is 55.9 Å². The lowest BCUT2D eigenvalue weighted by Crippen LogP contribution is -2.49. The molecule has 0 aliphatic carbocycles. The zero-order valence-electron chi connectivity index (χ0n) is 14.5. The summed E-state index contributed by atoms with van der Waals surface area (Å²) in [4.78, 5) is 29.4. The molecule has 0 N–H and O–H groups in total. The van der Waals surface area contributed by atoms with Crippen molar-refractivity contribution in [3.8, 4) is 5.75 Å². The fourth-order valence-corrected chi connectivity index (χ4v) is 3.61. The molecule has 2 saturated heterocycles. The SMILES string of the molecule is COc1ccc(C(=O)N2CCC[C@H]2C(=O)N2CCC(C)CC2)cc1. The molecular weight excluding hydrogens is 304 g/mol. The van der Waals surface area contributed by atoms with Crippen molar-refractivity contribution >= 4 is 11.8 Å². The van der Waals surface area contributed by atoms with Crippen LogP contribution in [0.2, 0.25) is 0 Å². The van der Waals surface area contributed by atoms with Gasteiger partial charge >= 0.3 is 0 Å². The lowest BCUT2D eigenvalue weighted by Gasteiger charge is -2.34. The number of rotatable bonds is 3. The van der Waals surface area contributed by atoms with Gasteiger partial charge in [0, 0.05) is 25.2 Å². The highest BCUT2D eigenvalue weighted by atomic mass is 16.5.